The molecule has 98 valence electrons. The molecule has 1 saturated carbocycles. The Bertz CT molecular complexity index is 290. The number of piperazine rings is 1. The van der Waals surface area contributed by atoms with E-state index in [-0.39, 0.29) is 17.4 Å². The Balaban J connectivity index is 2.07. The van der Waals surface area contributed by atoms with Crippen molar-refractivity contribution in [3.8, 4) is 0 Å². The highest BCUT2D eigenvalue weighted by Crippen LogP contribution is 2.43. The smallest absolute Gasteiger partial charge is 0.226 e. The molecule has 1 aliphatic carbocycles. The van der Waals surface area contributed by atoms with Crippen LogP contribution in [0.1, 0.15) is 33.1 Å². The molecule has 2 fully saturated rings. The van der Waals surface area contributed by atoms with Crippen molar-refractivity contribution in [2.75, 3.05) is 26.2 Å². The topological polar surface area (TPSA) is 58.4 Å². The van der Waals surface area contributed by atoms with Crippen molar-refractivity contribution in [1.29, 1.82) is 0 Å². The lowest BCUT2D eigenvalue weighted by Gasteiger charge is -2.39. The van der Waals surface area contributed by atoms with Crippen LogP contribution in [0, 0.1) is 11.3 Å². The first kappa shape index (κ1) is 12.8. The molecule has 1 heterocycles. The van der Waals surface area contributed by atoms with E-state index in [1.807, 2.05) is 4.90 Å². The predicted molar refractivity (Wildman–Crippen MR) is 68.5 cm³/mol. The van der Waals surface area contributed by atoms with Crippen LogP contribution in [0.4, 0.5) is 0 Å². The van der Waals surface area contributed by atoms with Crippen molar-refractivity contribution in [2.45, 2.75) is 39.2 Å². The van der Waals surface area contributed by atoms with Crippen molar-refractivity contribution in [3.63, 3.8) is 0 Å². The third-order valence-corrected chi connectivity index (χ3v) is 4.46. The molecular weight excluding hydrogens is 214 g/mol. The Kier molecular flexibility index (Phi) is 3.73. The number of carbonyl (C=O) groups is 1. The molecule has 0 aromatic heterocycles. The van der Waals surface area contributed by atoms with Crippen LogP contribution in [0.25, 0.3) is 0 Å². The van der Waals surface area contributed by atoms with E-state index >= 15 is 0 Å². The molecular formula is C13H25N3O. The summed E-state index contributed by atoms with van der Waals surface area (Å²) in [5, 5.41) is 3.31. The van der Waals surface area contributed by atoms with E-state index in [0.717, 1.165) is 26.1 Å². The van der Waals surface area contributed by atoms with Gasteiger partial charge in [-0.15, -0.1) is 0 Å². The molecule has 0 radical (unpaired) electrons. The summed E-state index contributed by atoms with van der Waals surface area (Å²) >= 11 is 0. The Morgan fingerprint density at radius 2 is 2.29 bits per heavy atom. The SMILES string of the molecule is CC1(C)CCCC1C(=O)N1CCNCC1CN. The van der Waals surface area contributed by atoms with E-state index in [9.17, 15) is 4.79 Å². The third kappa shape index (κ3) is 2.47. The average molecular weight is 239 g/mol. The second kappa shape index (κ2) is 4.94. The minimum Gasteiger partial charge on any atom is -0.336 e. The lowest BCUT2D eigenvalue weighted by Crippen LogP contribution is -2.58. The van der Waals surface area contributed by atoms with Gasteiger partial charge in [-0.2, -0.15) is 0 Å². The summed E-state index contributed by atoms with van der Waals surface area (Å²) in [5.74, 6) is 0.541. The first-order chi connectivity index (χ1) is 8.06. The van der Waals surface area contributed by atoms with Gasteiger partial charge in [0.25, 0.3) is 0 Å². The summed E-state index contributed by atoms with van der Waals surface area (Å²) in [4.78, 5) is 14.6. The summed E-state index contributed by atoms with van der Waals surface area (Å²) in [6.45, 7) is 7.56. The maximum Gasteiger partial charge on any atom is 0.226 e. The Labute approximate surface area is 104 Å². The highest BCUT2D eigenvalue weighted by Gasteiger charge is 2.42. The summed E-state index contributed by atoms with van der Waals surface area (Å²) < 4.78 is 0. The van der Waals surface area contributed by atoms with Crippen LogP contribution < -0.4 is 11.1 Å². The molecule has 2 aliphatic rings. The maximum atomic E-state index is 12.6. The van der Waals surface area contributed by atoms with Gasteiger partial charge in [-0.1, -0.05) is 20.3 Å². The predicted octanol–water partition coefficient (Wildman–Crippen LogP) is 0.572. The zero-order chi connectivity index (χ0) is 12.5. The first-order valence-corrected chi connectivity index (χ1v) is 6.77. The van der Waals surface area contributed by atoms with Crippen LogP contribution in [-0.2, 0) is 4.79 Å². The van der Waals surface area contributed by atoms with Gasteiger partial charge in [0.1, 0.15) is 0 Å². The number of carbonyl (C=O) groups excluding carboxylic acids is 1. The fraction of sp³-hybridized carbons (Fsp3) is 0.923. The van der Waals surface area contributed by atoms with Gasteiger partial charge in [-0.05, 0) is 18.3 Å². The van der Waals surface area contributed by atoms with Crippen LogP contribution in [0.2, 0.25) is 0 Å². The second-order valence-corrected chi connectivity index (χ2v) is 6.06. The van der Waals surface area contributed by atoms with Crippen LogP contribution in [0.3, 0.4) is 0 Å². The van der Waals surface area contributed by atoms with E-state index < -0.39 is 0 Å². The van der Waals surface area contributed by atoms with Gasteiger partial charge in [0.2, 0.25) is 5.91 Å². The second-order valence-electron chi connectivity index (χ2n) is 6.06. The molecule has 0 spiro atoms. The van der Waals surface area contributed by atoms with Crippen LogP contribution >= 0.6 is 0 Å². The molecule has 2 rings (SSSR count). The fourth-order valence-corrected chi connectivity index (χ4v) is 3.25. The monoisotopic (exact) mass is 239 g/mol. The summed E-state index contributed by atoms with van der Waals surface area (Å²) in [7, 11) is 0. The number of nitrogens with zero attached hydrogens (tertiary/aromatic N) is 1. The number of hydrogen-bond donors (Lipinski definition) is 2. The number of nitrogens with one attached hydrogen (secondary N) is 1. The Morgan fingerprint density at radius 3 is 2.88 bits per heavy atom. The normalized spacial score (nSPS) is 32.8. The van der Waals surface area contributed by atoms with E-state index in [2.05, 4.69) is 19.2 Å². The molecule has 2 unspecified atom stereocenters. The van der Waals surface area contributed by atoms with Gasteiger partial charge in [0.05, 0.1) is 6.04 Å². The quantitative estimate of drug-likeness (QED) is 0.741. The molecule has 0 bridgehead atoms. The number of nitrogens with two attached hydrogens (primary N) is 1. The molecule has 0 aromatic carbocycles. The van der Waals surface area contributed by atoms with E-state index in [0.29, 0.717) is 12.5 Å². The van der Waals surface area contributed by atoms with Gasteiger partial charge < -0.3 is 16.0 Å². The summed E-state index contributed by atoms with van der Waals surface area (Å²) in [6, 6.07) is 0.188. The van der Waals surface area contributed by atoms with Gasteiger partial charge in [-0.25, -0.2) is 0 Å². The molecule has 0 aromatic rings. The highest BCUT2D eigenvalue weighted by molar-refractivity contribution is 5.80. The van der Waals surface area contributed by atoms with Crippen molar-refractivity contribution in [2.24, 2.45) is 17.1 Å². The van der Waals surface area contributed by atoms with Crippen LogP contribution in [-0.4, -0.2) is 43.0 Å². The fourth-order valence-electron chi connectivity index (χ4n) is 3.25. The first-order valence-electron chi connectivity index (χ1n) is 6.77. The Morgan fingerprint density at radius 1 is 1.53 bits per heavy atom. The molecule has 2 atom stereocenters. The minimum absolute atomic E-state index is 0.168. The lowest BCUT2D eigenvalue weighted by atomic mass is 9.80. The van der Waals surface area contributed by atoms with Crippen LogP contribution in [0.15, 0.2) is 0 Å². The maximum absolute atomic E-state index is 12.6. The van der Waals surface area contributed by atoms with E-state index in [1.54, 1.807) is 0 Å². The molecule has 4 nitrogen and oxygen atoms in total. The largest absolute Gasteiger partial charge is 0.336 e. The van der Waals surface area contributed by atoms with Gasteiger partial charge in [-0.3, -0.25) is 4.79 Å². The lowest BCUT2D eigenvalue weighted by molar-refractivity contribution is -0.141. The standard InChI is InChI=1S/C13H25N3O/c1-13(2)5-3-4-11(13)12(17)16-7-6-15-9-10(16)8-14/h10-11,15H,3-9,14H2,1-2H3. The number of hydrogen-bond acceptors (Lipinski definition) is 3. The molecule has 1 amide bonds. The summed E-state index contributed by atoms with van der Waals surface area (Å²) in [5.41, 5.74) is 5.93. The van der Waals surface area contributed by atoms with Crippen molar-refractivity contribution < 1.29 is 4.79 Å². The van der Waals surface area contributed by atoms with Gasteiger partial charge in [0.15, 0.2) is 0 Å². The van der Waals surface area contributed by atoms with Crippen LogP contribution in [0.5, 0.6) is 0 Å². The molecule has 1 saturated heterocycles. The van der Waals surface area contributed by atoms with Gasteiger partial charge in [0, 0.05) is 32.1 Å². The Hall–Kier alpha value is -0.610. The third-order valence-electron chi connectivity index (χ3n) is 4.46. The average Bonchev–Trinajstić information content (AvgIpc) is 2.68. The minimum atomic E-state index is 0.168. The van der Waals surface area contributed by atoms with E-state index in [4.69, 9.17) is 5.73 Å². The molecule has 17 heavy (non-hydrogen) atoms. The van der Waals surface area contributed by atoms with Crippen molar-refractivity contribution >= 4 is 5.91 Å². The molecule has 3 N–H and O–H groups in total. The zero-order valence-electron chi connectivity index (χ0n) is 11.0. The number of amides is 1. The van der Waals surface area contributed by atoms with E-state index in [1.165, 1.54) is 12.8 Å². The number of rotatable bonds is 2. The molecule has 1 aliphatic heterocycles. The van der Waals surface area contributed by atoms with Crippen molar-refractivity contribution in [1.82, 2.24) is 10.2 Å². The highest BCUT2D eigenvalue weighted by atomic mass is 16.2. The summed E-state index contributed by atoms with van der Waals surface area (Å²) in [6.07, 6.45) is 3.40. The zero-order valence-corrected chi connectivity index (χ0v) is 11.0. The van der Waals surface area contributed by atoms with Crippen molar-refractivity contribution in [3.05, 3.63) is 0 Å². The molecule has 4 heteroatoms. The van der Waals surface area contributed by atoms with Gasteiger partial charge >= 0.3 is 0 Å².